The zero-order chi connectivity index (χ0) is 19.4. The molecule has 1 aromatic carbocycles. The molecular weight excluding hydrogens is 372 g/mol. The van der Waals surface area contributed by atoms with Gasteiger partial charge in [-0.2, -0.15) is 0 Å². The smallest absolute Gasteiger partial charge is 0.270 e. The van der Waals surface area contributed by atoms with Crippen molar-refractivity contribution in [3.8, 4) is 0 Å². The van der Waals surface area contributed by atoms with Crippen molar-refractivity contribution in [1.82, 2.24) is 14.8 Å². The molecule has 0 spiro atoms. The molecule has 1 fully saturated rings. The van der Waals surface area contributed by atoms with Gasteiger partial charge in [-0.3, -0.25) is 19.8 Å². The maximum Gasteiger partial charge on any atom is 0.270 e. The molecule has 1 N–H and O–H groups in total. The van der Waals surface area contributed by atoms with Crippen LogP contribution in [0.1, 0.15) is 22.1 Å². The molecular formula is C18H21ClN4O4. The predicted octanol–water partition coefficient (Wildman–Crippen LogP) is 2.39. The molecule has 1 aromatic heterocycles. The number of nitrogens with one attached hydrogen (secondary N) is 1. The number of nitro benzene ring substituents is 1. The second kappa shape index (κ2) is 8.51. The van der Waals surface area contributed by atoms with Gasteiger partial charge in [0.05, 0.1) is 34.8 Å². The fraction of sp³-hybridized carbons (Fsp3) is 0.389. The van der Waals surface area contributed by atoms with Crippen LogP contribution in [0, 0.1) is 10.1 Å². The summed E-state index contributed by atoms with van der Waals surface area (Å²) in [6.07, 6.45) is 1.96. The highest BCUT2D eigenvalue weighted by Gasteiger charge is 2.25. The van der Waals surface area contributed by atoms with E-state index in [0.29, 0.717) is 19.8 Å². The van der Waals surface area contributed by atoms with Gasteiger partial charge in [0, 0.05) is 50.7 Å². The van der Waals surface area contributed by atoms with E-state index in [4.69, 9.17) is 16.3 Å². The van der Waals surface area contributed by atoms with Crippen molar-refractivity contribution in [1.29, 1.82) is 0 Å². The first-order valence-corrected chi connectivity index (χ1v) is 9.00. The third-order valence-electron chi connectivity index (χ3n) is 4.67. The Hall–Kier alpha value is -2.42. The number of hydrogen-bond donors (Lipinski definition) is 1. The summed E-state index contributed by atoms with van der Waals surface area (Å²) in [4.78, 5) is 25.3. The summed E-state index contributed by atoms with van der Waals surface area (Å²) in [7, 11) is 1.96. The monoisotopic (exact) mass is 392 g/mol. The average Bonchev–Trinajstić information content (AvgIpc) is 3.08. The molecule has 8 nitrogen and oxygen atoms in total. The molecule has 0 bridgehead atoms. The largest absolute Gasteiger partial charge is 0.379 e. The SMILES string of the molecule is Cn1cccc1C(CNC(=O)c1cc([N+](=O)[O-])ccc1Cl)N1CCOCC1. The van der Waals surface area contributed by atoms with Crippen molar-refractivity contribution in [2.45, 2.75) is 6.04 Å². The van der Waals surface area contributed by atoms with Crippen LogP contribution in [0.15, 0.2) is 36.5 Å². The topological polar surface area (TPSA) is 89.6 Å². The average molecular weight is 393 g/mol. The van der Waals surface area contributed by atoms with Gasteiger partial charge in [0.2, 0.25) is 0 Å². The predicted molar refractivity (Wildman–Crippen MR) is 101 cm³/mol. The van der Waals surface area contributed by atoms with Crippen molar-refractivity contribution < 1.29 is 14.5 Å². The van der Waals surface area contributed by atoms with Gasteiger partial charge in [0.1, 0.15) is 0 Å². The molecule has 0 radical (unpaired) electrons. The Balaban J connectivity index is 1.77. The van der Waals surface area contributed by atoms with Crippen LogP contribution in [0.25, 0.3) is 0 Å². The molecule has 0 aliphatic carbocycles. The zero-order valence-corrected chi connectivity index (χ0v) is 15.7. The Labute approximate surface area is 161 Å². The van der Waals surface area contributed by atoms with Crippen LogP contribution in [-0.2, 0) is 11.8 Å². The third kappa shape index (κ3) is 4.47. The summed E-state index contributed by atoms with van der Waals surface area (Å²) in [5.41, 5.74) is 0.998. The number of carbonyl (C=O) groups is 1. The van der Waals surface area contributed by atoms with Gasteiger partial charge >= 0.3 is 0 Å². The van der Waals surface area contributed by atoms with E-state index in [2.05, 4.69) is 10.2 Å². The molecule has 0 saturated carbocycles. The van der Waals surface area contributed by atoms with Crippen LogP contribution >= 0.6 is 11.6 Å². The van der Waals surface area contributed by atoms with Crippen LogP contribution in [0.2, 0.25) is 5.02 Å². The van der Waals surface area contributed by atoms with Gasteiger partial charge in [-0.05, 0) is 18.2 Å². The highest BCUT2D eigenvalue weighted by atomic mass is 35.5. The molecule has 9 heteroatoms. The minimum Gasteiger partial charge on any atom is -0.379 e. The van der Waals surface area contributed by atoms with E-state index in [-0.39, 0.29) is 22.3 Å². The van der Waals surface area contributed by atoms with Crippen molar-refractivity contribution in [2.75, 3.05) is 32.8 Å². The van der Waals surface area contributed by atoms with E-state index >= 15 is 0 Å². The van der Waals surface area contributed by atoms with E-state index in [1.54, 1.807) is 0 Å². The lowest BCUT2D eigenvalue weighted by molar-refractivity contribution is -0.384. The Morgan fingerprint density at radius 1 is 1.37 bits per heavy atom. The summed E-state index contributed by atoms with van der Waals surface area (Å²) in [5.74, 6) is -0.434. The van der Waals surface area contributed by atoms with Gasteiger partial charge in [0.25, 0.3) is 11.6 Å². The van der Waals surface area contributed by atoms with Gasteiger partial charge in [-0.1, -0.05) is 11.6 Å². The Bertz CT molecular complexity index is 833. The van der Waals surface area contributed by atoms with Gasteiger partial charge < -0.3 is 14.6 Å². The molecule has 1 unspecified atom stereocenters. The molecule has 27 heavy (non-hydrogen) atoms. The molecule has 1 saturated heterocycles. The fourth-order valence-electron chi connectivity index (χ4n) is 3.22. The van der Waals surface area contributed by atoms with Crippen molar-refractivity contribution >= 4 is 23.2 Å². The lowest BCUT2D eigenvalue weighted by atomic mass is 10.1. The lowest BCUT2D eigenvalue weighted by Gasteiger charge is -2.35. The van der Waals surface area contributed by atoms with Crippen LogP contribution in [0.4, 0.5) is 5.69 Å². The quantitative estimate of drug-likeness (QED) is 0.602. The molecule has 144 valence electrons. The van der Waals surface area contributed by atoms with Crippen molar-refractivity contribution in [3.63, 3.8) is 0 Å². The number of ether oxygens (including phenoxy) is 1. The normalized spacial score (nSPS) is 16.1. The number of aryl methyl sites for hydroxylation is 1. The number of morpholine rings is 1. The Morgan fingerprint density at radius 3 is 2.74 bits per heavy atom. The van der Waals surface area contributed by atoms with Gasteiger partial charge in [0.15, 0.2) is 0 Å². The van der Waals surface area contributed by atoms with Crippen LogP contribution < -0.4 is 5.32 Å². The molecule has 2 heterocycles. The van der Waals surface area contributed by atoms with Crippen LogP contribution in [-0.4, -0.2) is 53.1 Å². The number of non-ortho nitro benzene ring substituents is 1. The Kier molecular flexibility index (Phi) is 6.10. The zero-order valence-electron chi connectivity index (χ0n) is 14.9. The number of nitro groups is 1. The molecule has 2 aromatic rings. The summed E-state index contributed by atoms with van der Waals surface area (Å²) in [6, 6.07) is 7.79. The highest BCUT2D eigenvalue weighted by Crippen LogP contribution is 2.24. The first-order chi connectivity index (χ1) is 13.0. The maximum atomic E-state index is 12.6. The molecule has 1 aliphatic rings. The van der Waals surface area contributed by atoms with Gasteiger partial charge in [-0.25, -0.2) is 0 Å². The number of nitrogens with zero attached hydrogens (tertiary/aromatic N) is 3. The molecule has 3 rings (SSSR count). The summed E-state index contributed by atoms with van der Waals surface area (Å²) in [5, 5.41) is 14.0. The van der Waals surface area contributed by atoms with E-state index < -0.39 is 10.8 Å². The molecule has 1 atom stereocenters. The number of aromatic nitrogens is 1. The second-order valence-corrected chi connectivity index (χ2v) is 6.75. The van der Waals surface area contributed by atoms with E-state index in [1.165, 1.54) is 18.2 Å². The Morgan fingerprint density at radius 2 is 2.11 bits per heavy atom. The standard InChI is InChI=1S/C18H21ClN4O4/c1-21-6-2-3-16(21)17(22-7-9-27-10-8-22)12-20-18(24)14-11-13(23(25)26)4-5-15(14)19/h2-6,11,17H,7-10,12H2,1H3,(H,20,24). The third-order valence-corrected chi connectivity index (χ3v) is 5.00. The molecule has 1 aliphatic heterocycles. The van der Waals surface area contributed by atoms with Crippen LogP contribution in [0.3, 0.4) is 0 Å². The number of amides is 1. The van der Waals surface area contributed by atoms with E-state index in [1.807, 2.05) is 29.9 Å². The number of halogens is 1. The number of hydrogen-bond acceptors (Lipinski definition) is 5. The molecule has 1 amide bonds. The highest BCUT2D eigenvalue weighted by molar-refractivity contribution is 6.33. The maximum absolute atomic E-state index is 12.6. The minimum atomic E-state index is -0.548. The summed E-state index contributed by atoms with van der Waals surface area (Å²) >= 11 is 6.07. The first-order valence-electron chi connectivity index (χ1n) is 8.62. The number of carbonyl (C=O) groups excluding carboxylic acids is 1. The lowest BCUT2D eigenvalue weighted by Crippen LogP contribution is -2.44. The van der Waals surface area contributed by atoms with Gasteiger partial charge in [-0.15, -0.1) is 0 Å². The summed E-state index contributed by atoms with van der Waals surface area (Å²) in [6.45, 7) is 3.18. The number of rotatable bonds is 6. The van der Waals surface area contributed by atoms with Crippen LogP contribution in [0.5, 0.6) is 0 Å². The van der Waals surface area contributed by atoms with E-state index in [9.17, 15) is 14.9 Å². The number of benzene rings is 1. The van der Waals surface area contributed by atoms with Crippen molar-refractivity contribution in [2.24, 2.45) is 7.05 Å². The van der Waals surface area contributed by atoms with Crippen molar-refractivity contribution in [3.05, 3.63) is 62.9 Å². The second-order valence-electron chi connectivity index (χ2n) is 6.34. The first kappa shape index (κ1) is 19.3. The minimum absolute atomic E-state index is 0.0321. The fourth-order valence-corrected chi connectivity index (χ4v) is 3.42. The summed E-state index contributed by atoms with van der Waals surface area (Å²) < 4.78 is 7.45. The van der Waals surface area contributed by atoms with E-state index in [0.717, 1.165) is 18.8 Å².